The van der Waals surface area contributed by atoms with Gasteiger partial charge in [0, 0.05) is 11.5 Å². The number of rotatable bonds is 0. The van der Waals surface area contributed by atoms with E-state index in [0.29, 0.717) is 11.1 Å². The Kier molecular flexibility index (Phi) is 3.49. The molecule has 3 heteroatoms. The number of esters is 1. The predicted molar refractivity (Wildman–Crippen MR) is 54.8 cm³/mol. The number of ether oxygens (including phenoxy) is 1. The molecule has 0 amide bonds. The van der Waals surface area contributed by atoms with E-state index in [-0.39, 0.29) is 0 Å². The molecule has 0 aliphatic rings. The van der Waals surface area contributed by atoms with Crippen molar-refractivity contribution in [1.29, 1.82) is 5.26 Å². The lowest BCUT2D eigenvalue weighted by molar-refractivity contribution is -0.133. The molecule has 0 aromatic heterocycles. The molecule has 15 heavy (non-hydrogen) atoms. The summed E-state index contributed by atoms with van der Waals surface area (Å²) < 4.78 is 4.37. The van der Waals surface area contributed by atoms with Crippen molar-refractivity contribution < 1.29 is 9.53 Å². The first-order chi connectivity index (χ1) is 7.17. The van der Waals surface area contributed by atoms with Gasteiger partial charge in [0.15, 0.2) is 0 Å². The molecule has 0 atom stereocenters. The van der Waals surface area contributed by atoms with Gasteiger partial charge < -0.3 is 4.74 Å². The van der Waals surface area contributed by atoms with Gasteiger partial charge in [-0.3, -0.25) is 0 Å². The molecule has 0 unspecified atom stereocenters. The predicted octanol–water partition coefficient (Wildman–Crippen LogP) is 1.39. The summed E-state index contributed by atoms with van der Waals surface area (Å²) in [5, 5.41) is 8.78. The van der Waals surface area contributed by atoms with Crippen LogP contribution in [-0.4, -0.2) is 13.1 Å². The number of nitrogens with zero attached hydrogens (tertiary/aromatic N) is 1. The average Bonchev–Trinajstić information content (AvgIpc) is 2.27. The molecule has 3 nitrogen and oxygen atoms in total. The fourth-order valence-corrected chi connectivity index (χ4v) is 0.994. The zero-order chi connectivity index (χ0) is 11.3. The Labute approximate surface area is 88.3 Å². The second kappa shape index (κ2) is 4.83. The second-order valence-electron chi connectivity index (χ2n) is 2.88. The molecule has 74 valence electrons. The monoisotopic (exact) mass is 199 g/mol. The summed E-state index contributed by atoms with van der Waals surface area (Å²) in [6.45, 7) is 1.84. The van der Waals surface area contributed by atoms with Crippen LogP contribution in [0.1, 0.15) is 16.7 Å². The number of carbonyl (C=O) groups is 1. The Bertz CT molecular complexity index is 487. The van der Waals surface area contributed by atoms with E-state index in [2.05, 4.69) is 22.6 Å². The van der Waals surface area contributed by atoms with Gasteiger partial charge in [-0.05, 0) is 24.6 Å². The minimum Gasteiger partial charge on any atom is -0.459 e. The average molecular weight is 199 g/mol. The van der Waals surface area contributed by atoms with Crippen molar-refractivity contribution in [3.63, 3.8) is 0 Å². The van der Waals surface area contributed by atoms with Crippen LogP contribution >= 0.6 is 0 Å². The first-order valence-electron chi connectivity index (χ1n) is 4.28. The molecule has 0 saturated heterocycles. The third kappa shape index (κ3) is 2.86. The van der Waals surface area contributed by atoms with Crippen LogP contribution in [0.5, 0.6) is 0 Å². The molecule has 0 fully saturated rings. The third-order valence-electron chi connectivity index (χ3n) is 1.85. The van der Waals surface area contributed by atoms with Gasteiger partial charge in [-0.1, -0.05) is 12.0 Å². The molecule has 0 bridgehead atoms. The molecule has 0 aliphatic heterocycles. The molecule has 0 heterocycles. The summed E-state index contributed by atoms with van der Waals surface area (Å²) in [6, 6.07) is 7.25. The maximum Gasteiger partial charge on any atom is 0.384 e. The SMILES string of the molecule is COC(=O)C#Cc1ccc(C)c(C#N)c1. The first-order valence-corrected chi connectivity index (χ1v) is 4.28. The van der Waals surface area contributed by atoms with E-state index in [4.69, 9.17) is 5.26 Å². The molecule has 1 aromatic rings. The zero-order valence-corrected chi connectivity index (χ0v) is 8.50. The van der Waals surface area contributed by atoms with Crippen LogP contribution < -0.4 is 0 Å². The molecular weight excluding hydrogens is 190 g/mol. The van der Waals surface area contributed by atoms with E-state index in [9.17, 15) is 4.79 Å². The summed E-state index contributed by atoms with van der Waals surface area (Å²) in [4.78, 5) is 10.7. The smallest absolute Gasteiger partial charge is 0.384 e. The quantitative estimate of drug-likeness (QED) is 0.468. The Balaban J connectivity index is 3.02. The lowest BCUT2D eigenvalue weighted by atomic mass is 10.1. The Hall–Kier alpha value is -2.26. The highest BCUT2D eigenvalue weighted by Crippen LogP contribution is 2.08. The highest BCUT2D eigenvalue weighted by molar-refractivity contribution is 5.89. The van der Waals surface area contributed by atoms with E-state index in [1.165, 1.54) is 7.11 Å². The number of carbonyl (C=O) groups excluding carboxylic acids is 1. The van der Waals surface area contributed by atoms with E-state index in [1.807, 2.05) is 6.92 Å². The normalized spacial score (nSPS) is 8.33. The molecule has 1 aromatic carbocycles. The molecular formula is C12H9NO2. The highest BCUT2D eigenvalue weighted by Gasteiger charge is 1.97. The lowest BCUT2D eigenvalue weighted by Crippen LogP contribution is -1.94. The minimum absolute atomic E-state index is 0.562. The van der Waals surface area contributed by atoms with Crippen LogP contribution in [0.4, 0.5) is 0 Å². The number of hydrogen-bond acceptors (Lipinski definition) is 3. The van der Waals surface area contributed by atoms with E-state index in [0.717, 1.165) is 5.56 Å². The number of nitriles is 1. The van der Waals surface area contributed by atoms with Crippen LogP contribution in [-0.2, 0) is 9.53 Å². The van der Waals surface area contributed by atoms with Gasteiger partial charge in [-0.15, -0.1) is 0 Å². The largest absolute Gasteiger partial charge is 0.459 e. The van der Waals surface area contributed by atoms with E-state index >= 15 is 0 Å². The summed E-state index contributed by atoms with van der Waals surface area (Å²) >= 11 is 0. The third-order valence-corrected chi connectivity index (χ3v) is 1.85. The van der Waals surface area contributed by atoms with Crippen molar-refractivity contribution in [2.75, 3.05) is 7.11 Å². The molecule has 0 spiro atoms. The van der Waals surface area contributed by atoms with Gasteiger partial charge in [0.2, 0.25) is 0 Å². The van der Waals surface area contributed by atoms with E-state index in [1.54, 1.807) is 18.2 Å². The van der Waals surface area contributed by atoms with Crippen LogP contribution in [0.2, 0.25) is 0 Å². The zero-order valence-electron chi connectivity index (χ0n) is 8.50. The van der Waals surface area contributed by atoms with Crippen molar-refractivity contribution in [3.8, 4) is 17.9 Å². The Morgan fingerprint density at radius 1 is 1.47 bits per heavy atom. The number of methoxy groups -OCH3 is 1. The maximum atomic E-state index is 10.7. The van der Waals surface area contributed by atoms with Gasteiger partial charge in [0.05, 0.1) is 18.7 Å². The summed E-state index contributed by atoms with van der Waals surface area (Å²) in [7, 11) is 1.27. The summed E-state index contributed by atoms with van der Waals surface area (Å²) in [5.74, 6) is 4.33. The van der Waals surface area contributed by atoms with E-state index < -0.39 is 5.97 Å². The number of hydrogen-bond donors (Lipinski definition) is 0. The van der Waals surface area contributed by atoms with Crippen LogP contribution in [0.25, 0.3) is 0 Å². The molecule has 1 rings (SSSR count). The first kappa shape index (κ1) is 10.8. The van der Waals surface area contributed by atoms with Crippen molar-refractivity contribution in [2.24, 2.45) is 0 Å². The molecule has 0 saturated carbocycles. The topological polar surface area (TPSA) is 50.1 Å². The maximum absolute atomic E-state index is 10.7. The van der Waals surface area contributed by atoms with Crippen molar-refractivity contribution in [1.82, 2.24) is 0 Å². The van der Waals surface area contributed by atoms with Crippen molar-refractivity contribution >= 4 is 5.97 Å². The highest BCUT2D eigenvalue weighted by atomic mass is 16.5. The van der Waals surface area contributed by atoms with Crippen LogP contribution in [0, 0.1) is 30.1 Å². The molecule has 0 aliphatic carbocycles. The summed E-state index contributed by atoms with van der Waals surface area (Å²) in [6.07, 6.45) is 0. The van der Waals surface area contributed by atoms with Gasteiger partial charge >= 0.3 is 5.97 Å². The number of aryl methyl sites for hydroxylation is 1. The van der Waals surface area contributed by atoms with Crippen molar-refractivity contribution in [3.05, 3.63) is 34.9 Å². The van der Waals surface area contributed by atoms with Gasteiger partial charge in [0.25, 0.3) is 0 Å². The lowest BCUT2D eigenvalue weighted by Gasteiger charge is -1.96. The van der Waals surface area contributed by atoms with Gasteiger partial charge in [-0.25, -0.2) is 4.79 Å². The molecule has 0 N–H and O–H groups in total. The Morgan fingerprint density at radius 2 is 2.20 bits per heavy atom. The van der Waals surface area contributed by atoms with Crippen LogP contribution in [0.15, 0.2) is 18.2 Å². The standard InChI is InChI=1S/C12H9NO2/c1-9-3-4-10(7-11(9)8-13)5-6-12(14)15-2/h3-4,7H,1-2H3. The fourth-order valence-electron chi connectivity index (χ4n) is 0.994. The van der Waals surface area contributed by atoms with Gasteiger partial charge in [0.1, 0.15) is 0 Å². The van der Waals surface area contributed by atoms with Crippen molar-refractivity contribution in [2.45, 2.75) is 6.92 Å². The summed E-state index contributed by atoms with van der Waals surface area (Å²) in [5.41, 5.74) is 2.08. The minimum atomic E-state index is -0.589. The van der Waals surface area contributed by atoms with Crippen LogP contribution in [0.3, 0.4) is 0 Å². The fraction of sp³-hybridized carbons (Fsp3) is 0.167. The second-order valence-corrected chi connectivity index (χ2v) is 2.88. The number of benzene rings is 1. The molecule has 0 radical (unpaired) electrons. The Morgan fingerprint density at radius 3 is 2.80 bits per heavy atom. The van der Waals surface area contributed by atoms with Gasteiger partial charge in [-0.2, -0.15) is 5.26 Å².